The summed E-state index contributed by atoms with van der Waals surface area (Å²) in [6.07, 6.45) is -22.8. The summed E-state index contributed by atoms with van der Waals surface area (Å²) in [6, 6.07) is -6.17. The predicted octanol–water partition coefficient (Wildman–Crippen LogP) is 5.17. The van der Waals surface area contributed by atoms with Gasteiger partial charge in [-0.2, -0.15) is 0 Å². The van der Waals surface area contributed by atoms with Crippen molar-refractivity contribution >= 4 is 23.9 Å². The Labute approximate surface area is 371 Å². The van der Waals surface area contributed by atoms with Crippen LogP contribution in [0.1, 0.15) is 54.4 Å². The molecule has 66 heavy (non-hydrogen) atoms. The van der Waals surface area contributed by atoms with Gasteiger partial charge < -0.3 is 47.4 Å². The van der Waals surface area contributed by atoms with Gasteiger partial charge in [-0.3, -0.25) is 19.2 Å². The van der Waals surface area contributed by atoms with Gasteiger partial charge in [-0.25, -0.2) is 4.39 Å². The smallest absolute Gasteiger partial charge is 0.303 e. The summed E-state index contributed by atoms with van der Waals surface area (Å²) in [4.78, 5) is 66.7. The third kappa shape index (κ3) is 12.8. The van der Waals surface area contributed by atoms with Gasteiger partial charge in [-0.1, -0.05) is 44.5 Å². The molecule has 3 heterocycles. The molecule has 32 nitrogen and oxygen atoms in total. The maximum absolute atomic E-state index is 16.0. The third-order valence-corrected chi connectivity index (χ3v) is 10.7. The van der Waals surface area contributed by atoms with Crippen molar-refractivity contribution in [1.82, 2.24) is 0 Å². The number of azide groups is 6. The minimum Gasteiger partial charge on any atom is -0.459 e. The number of hydrogen-bond acceptors (Lipinski definition) is 20. The normalized spacial score (nSPS) is 36.9. The fourth-order valence-electron chi connectivity index (χ4n) is 8.00. The van der Waals surface area contributed by atoms with Gasteiger partial charge in [-0.05, 0) is 46.0 Å². The van der Waals surface area contributed by atoms with E-state index in [0.717, 1.165) is 27.7 Å². The van der Waals surface area contributed by atoms with Crippen LogP contribution >= 0.6 is 0 Å². The van der Waals surface area contributed by atoms with Gasteiger partial charge in [0.15, 0.2) is 37.2 Å². The number of halogens is 1. The van der Waals surface area contributed by atoms with Crippen molar-refractivity contribution in [1.29, 1.82) is 0 Å². The third-order valence-electron chi connectivity index (χ3n) is 10.7. The van der Waals surface area contributed by atoms with Crippen LogP contribution in [0.5, 0.6) is 0 Å². The summed E-state index contributed by atoms with van der Waals surface area (Å²) >= 11 is 0. The zero-order valence-corrected chi connectivity index (χ0v) is 35.9. The van der Waals surface area contributed by atoms with Crippen molar-refractivity contribution in [3.05, 3.63) is 62.7 Å². The van der Waals surface area contributed by atoms with Crippen molar-refractivity contribution in [3.8, 4) is 0 Å². The highest BCUT2D eigenvalue weighted by atomic mass is 19.1. The molecule has 1 aliphatic carbocycles. The first-order valence-corrected chi connectivity index (χ1v) is 20.0. The Morgan fingerprint density at radius 2 is 0.970 bits per heavy atom. The van der Waals surface area contributed by atoms with E-state index in [-0.39, 0.29) is 12.8 Å². The Morgan fingerprint density at radius 3 is 1.52 bits per heavy atom. The Bertz CT molecular complexity index is 2070. The molecule has 0 aromatic carbocycles. The summed E-state index contributed by atoms with van der Waals surface area (Å²) < 4.78 is 75.6. The van der Waals surface area contributed by atoms with Gasteiger partial charge in [0, 0.05) is 63.1 Å². The van der Waals surface area contributed by atoms with E-state index in [0.29, 0.717) is 0 Å². The molecule has 0 N–H and O–H groups in total. The lowest BCUT2D eigenvalue weighted by atomic mass is 9.83. The molecule has 3 saturated heterocycles. The number of carbonyl (C=O) groups excluding carboxylic acids is 4. The van der Waals surface area contributed by atoms with E-state index in [1.165, 1.54) is 6.92 Å². The molecule has 1 saturated carbocycles. The highest BCUT2D eigenvalue weighted by Gasteiger charge is 2.58. The fourth-order valence-corrected chi connectivity index (χ4v) is 8.00. The lowest BCUT2D eigenvalue weighted by molar-refractivity contribution is -0.299. The summed E-state index contributed by atoms with van der Waals surface area (Å²) in [7, 11) is 0. The van der Waals surface area contributed by atoms with Gasteiger partial charge in [0.05, 0.1) is 43.5 Å². The molecule has 4 aliphatic rings. The van der Waals surface area contributed by atoms with Gasteiger partial charge in [0.25, 0.3) is 0 Å². The maximum atomic E-state index is 16.0. The first kappa shape index (κ1) is 52.1. The second kappa shape index (κ2) is 24.6. The quantitative estimate of drug-likeness (QED) is 0.0530. The molecule has 3 aliphatic heterocycles. The van der Waals surface area contributed by atoms with Crippen molar-refractivity contribution in [3.63, 3.8) is 0 Å². The lowest BCUT2D eigenvalue weighted by Crippen LogP contribution is -2.63. The Morgan fingerprint density at radius 1 is 0.530 bits per heavy atom. The number of alkyl halides is 1. The minimum absolute atomic E-state index is 0.0415. The summed E-state index contributed by atoms with van der Waals surface area (Å²) in [5.74, 6) is -4.70. The summed E-state index contributed by atoms with van der Waals surface area (Å²) in [6.45, 7) is 6.17. The Balaban J connectivity index is 1.86. The monoisotopic (exact) mass is 936 g/mol. The zero-order valence-electron chi connectivity index (χ0n) is 35.9. The summed E-state index contributed by atoms with van der Waals surface area (Å²) in [5.41, 5.74) is 56.4. The first-order valence-electron chi connectivity index (χ1n) is 20.0. The van der Waals surface area contributed by atoms with Crippen LogP contribution in [0.15, 0.2) is 30.7 Å². The highest BCUT2D eigenvalue weighted by molar-refractivity contribution is 5.68. The molecule has 0 amide bonds. The van der Waals surface area contributed by atoms with Crippen molar-refractivity contribution in [2.24, 2.45) is 36.6 Å². The van der Waals surface area contributed by atoms with Gasteiger partial charge in [-0.15, -0.1) is 0 Å². The first-order chi connectivity index (χ1) is 31.6. The van der Waals surface area contributed by atoms with E-state index in [1.54, 1.807) is 6.92 Å². The van der Waals surface area contributed by atoms with Crippen LogP contribution in [-0.4, -0.2) is 147 Å². The van der Waals surface area contributed by atoms with Gasteiger partial charge in [0.1, 0.15) is 42.7 Å². The van der Waals surface area contributed by atoms with E-state index in [9.17, 15) is 41.3 Å². The predicted molar refractivity (Wildman–Crippen MR) is 212 cm³/mol. The number of rotatable bonds is 19. The second-order valence-electron chi connectivity index (χ2n) is 14.9. The largest absolute Gasteiger partial charge is 0.459 e. The van der Waals surface area contributed by atoms with Crippen LogP contribution in [0.3, 0.4) is 0 Å². The minimum atomic E-state index is -1.97. The molecule has 0 aromatic rings. The van der Waals surface area contributed by atoms with Crippen molar-refractivity contribution in [2.75, 3.05) is 13.1 Å². The van der Waals surface area contributed by atoms with E-state index in [1.807, 2.05) is 0 Å². The Hall–Kier alpha value is -6.57. The molecule has 0 bridgehead atoms. The van der Waals surface area contributed by atoms with Crippen molar-refractivity contribution < 1.29 is 70.9 Å². The lowest BCUT2D eigenvalue weighted by Gasteiger charge is -2.47. The molecule has 4 rings (SSSR count). The van der Waals surface area contributed by atoms with Crippen LogP contribution in [0, 0.1) is 5.92 Å². The van der Waals surface area contributed by atoms with E-state index in [2.05, 4.69) is 60.2 Å². The van der Waals surface area contributed by atoms with Gasteiger partial charge in [0.2, 0.25) is 0 Å². The van der Waals surface area contributed by atoms with Crippen molar-refractivity contribution in [2.45, 2.75) is 165 Å². The zero-order chi connectivity index (χ0) is 48.7. The maximum Gasteiger partial charge on any atom is 0.303 e. The molecule has 19 atom stereocenters. The van der Waals surface area contributed by atoms with E-state index in [4.69, 9.17) is 58.4 Å². The summed E-state index contributed by atoms with van der Waals surface area (Å²) in [5, 5.41) is 21.8. The number of esters is 4. The average Bonchev–Trinajstić information content (AvgIpc) is 3.57. The van der Waals surface area contributed by atoms with E-state index >= 15 is 4.39 Å². The van der Waals surface area contributed by atoms with Crippen LogP contribution < -0.4 is 0 Å². The van der Waals surface area contributed by atoms with Crippen LogP contribution in [0.25, 0.3) is 62.7 Å². The van der Waals surface area contributed by atoms with Crippen LogP contribution in [0.2, 0.25) is 0 Å². The van der Waals surface area contributed by atoms with Crippen LogP contribution in [-0.2, 0) is 66.5 Å². The molecule has 0 aromatic heterocycles. The standard InChI is InChI=1S/C33H45FN18O14/c1-7-18-26(65-32-23(46-52-40)28(59-14(5)55)27(58-13(4)54)20(63-32)10-42-48-36)30(60-15(6)56)33(61-18)66-29-24(57-12(3)53)16(43-49-37)8-17(44-50-38)25(29)64-31-22(45-51-39)21(34)11(2)19(62-31)9-41-47-35/h11,16-33H,7-10H2,1-6H3/t11-,16-,17+,18-,19-,20+,21-,22-,23-,24+,25-,26-,27-,28-,29-,30-,31-,32-,33+/m1/s1. The highest BCUT2D eigenvalue weighted by Crippen LogP contribution is 2.41. The molecule has 4 fully saturated rings. The SMILES string of the molecule is CC[C@H]1O[C@@H](O[C@@H]2[C@@H](OC(C)=O)[C@H](N=[N+]=[N-])C[C@H](N=[N+]=[N-])[C@H]2O[C@H]2O[C@H](CN=[N+]=[N-])[C@@H](C)[C@@H](F)[C@H]2N=[N+]=[N-])[C@H](OC(C)=O)[C@@H]1O[C@H]1O[C@@H](CN=[N+]=[N-])[C@@H](OC(C)=O)[C@H](OC(C)=O)[C@H]1N=[N+]=[N-]. The molecular weight excluding hydrogens is 891 g/mol. The molecular formula is C33H45FN18O14. The number of nitrogens with zero attached hydrogens (tertiary/aromatic N) is 18. The average molecular weight is 937 g/mol. The molecule has 0 spiro atoms. The Kier molecular flexibility index (Phi) is 19.4. The molecule has 0 radical (unpaired) electrons. The topological polar surface area (TPSA) is 453 Å². The van der Waals surface area contributed by atoms with Gasteiger partial charge >= 0.3 is 23.9 Å². The fraction of sp³-hybridized carbons (Fsp3) is 0.879. The van der Waals surface area contributed by atoms with Crippen LogP contribution in [0.4, 0.5) is 4.39 Å². The number of hydrogen-bond donors (Lipinski definition) is 0. The van der Waals surface area contributed by atoms with E-state index < -0.39 is 153 Å². The second-order valence-corrected chi connectivity index (χ2v) is 14.9. The number of carbonyl (C=O) groups is 4. The molecule has 0 unspecified atom stereocenters. The molecule has 33 heteroatoms. The molecule has 358 valence electrons. The number of ether oxygens (including phenoxy) is 10.